The minimum Gasteiger partial charge on any atom is -0.351 e. The zero-order valence-corrected chi connectivity index (χ0v) is 22.9. The summed E-state index contributed by atoms with van der Waals surface area (Å²) in [5.41, 5.74) is 2.93. The molecule has 0 saturated heterocycles. The van der Waals surface area contributed by atoms with Crippen molar-refractivity contribution in [2.75, 3.05) is 26.2 Å². The normalized spacial score (nSPS) is 13.3. The predicted molar refractivity (Wildman–Crippen MR) is 152 cm³/mol. The minimum atomic E-state index is 0.545. The van der Waals surface area contributed by atoms with Crippen LogP contribution in [0.5, 0.6) is 0 Å². The molecule has 0 amide bonds. The Balaban J connectivity index is 2.70. The summed E-state index contributed by atoms with van der Waals surface area (Å²) < 4.78 is 0.975. The van der Waals surface area contributed by atoms with E-state index in [1.807, 2.05) is 64.4 Å². The topological polar surface area (TPSA) is 55.9 Å². The van der Waals surface area contributed by atoms with Gasteiger partial charge in [-0.05, 0) is 39.8 Å². The summed E-state index contributed by atoms with van der Waals surface area (Å²) in [6.45, 7) is 11.4. The first-order chi connectivity index (χ1) is 15.9. The van der Waals surface area contributed by atoms with Crippen molar-refractivity contribution in [3.8, 4) is 0 Å². The summed E-state index contributed by atoms with van der Waals surface area (Å²) in [4.78, 5) is 4.05. The second kappa shape index (κ2) is 14.2. The van der Waals surface area contributed by atoms with Gasteiger partial charge in [-0.2, -0.15) is 0 Å². The lowest BCUT2D eigenvalue weighted by atomic mass is 10.00. The second-order valence-electron chi connectivity index (χ2n) is 6.91. The molecule has 2 rings (SSSR count). The quantitative estimate of drug-likeness (QED) is 0.180. The van der Waals surface area contributed by atoms with Gasteiger partial charge in [0.05, 0.1) is 0 Å². The van der Waals surface area contributed by atoms with Crippen molar-refractivity contribution >= 4 is 62.9 Å². The first kappa shape index (κ1) is 27.1. The van der Waals surface area contributed by atoms with Crippen LogP contribution in [0.2, 0.25) is 0 Å². The van der Waals surface area contributed by atoms with Gasteiger partial charge in [0.2, 0.25) is 0 Å². The molecular weight excluding hydrogens is 516 g/mol. The van der Waals surface area contributed by atoms with Crippen LogP contribution in [0.3, 0.4) is 0 Å². The zero-order valence-electron chi connectivity index (χ0n) is 19.5. The van der Waals surface area contributed by atoms with Crippen LogP contribution in [-0.2, 0) is 0 Å². The maximum absolute atomic E-state index is 4.61. The molecule has 33 heavy (non-hydrogen) atoms. The van der Waals surface area contributed by atoms with Crippen LogP contribution >= 0.6 is 41.2 Å². The third-order valence-electron chi connectivity index (χ3n) is 4.96. The Labute approximate surface area is 216 Å². The third kappa shape index (κ3) is 8.01. The molecule has 0 bridgehead atoms. The number of benzene rings is 2. The van der Waals surface area contributed by atoms with E-state index in [1.54, 1.807) is 0 Å². The Bertz CT molecular complexity index is 995. The molecule has 9 heteroatoms. The van der Waals surface area contributed by atoms with Crippen molar-refractivity contribution in [2.45, 2.75) is 27.7 Å². The fourth-order valence-corrected chi connectivity index (χ4v) is 3.94. The lowest BCUT2D eigenvalue weighted by molar-refractivity contribution is 0.473. The molecular formula is C24H31BrN6S2. The van der Waals surface area contributed by atoms with Gasteiger partial charge in [0.1, 0.15) is 11.4 Å². The number of nitrogens with zero attached hydrogens (tertiary/aromatic N) is 6. The molecule has 0 spiro atoms. The second-order valence-corrected chi connectivity index (χ2v) is 8.63. The van der Waals surface area contributed by atoms with Crippen LogP contribution in [0.1, 0.15) is 38.8 Å². The molecule has 0 fully saturated rings. The molecule has 6 nitrogen and oxygen atoms in total. The highest BCUT2D eigenvalue weighted by Crippen LogP contribution is 2.16. The summed E-state index contributed by atoms with van der Waals surface area (Å²) in [6, 6.07) is 17.7. The van der Waals surface area contributed by atoms with E-state index in [-0.39, 0.29) is 0 Å². The van der Waals surface area contributed by atoms with E-state index in [4.69, 9.17) is 0 Å². The van der Waals surface area contributed by atoms with Gasteiger partial charge in [-0.3, -0.25) is 0 Å². The standard InChI is InChI=1S/C24H31BrN6S2/c1-5-30(6-2)23(32)28-26-21(18-12-10-9-11-13-18)22(19-14-16-20(25)17-15-19)27-29-24(33)31(7-3)8-4/h9-17H,5-8H2,1-4H3,(H,28,32)(H,29,33)/b26-21+,27-22+. The Hall–Kier alpha value is -2.10. The number of amidine groups is 2. The molecule has 176 valence electrons. The molecule has 0 heterocycles. The number of thiol groups is 2. The first-order valence-electron chi connectivity index (χ1n) is 11.0. The van der Waals surface area contributed by atoms with Crippen LogP contribution in [0.4, 0.5) is 0 Å². The molecule has 0 aliphatic heterocycles. The maximum atomic E-state index is 4.61. The summed E-state index contributed by atoms with van der Waals surface area (Å²) in [7, 11) is 0. The van der Waals surface area contributed by atoms with Crippen LogP contribution < -0.4 is 0 Å². The molecule has 0 saturated carbocycles. The van der Waals surface area contributed by atoms with Crippen molar-refractivity contribution < 1.29 is 0 Å². The highest BCUT2D eigenvalue weighted by atomic mass is 79.9. The van der Waals surface area contributed by atoms with Crippen LogP contribution in [0.15, 0.2) is 79.5 Å². The van der Waals surface area contributed by atoms with Crippen molar-refractivity contribution in [3.05, 3.63) is 70.2 Å². The van der Waals surface area contributed by atoms with Gasteiger partial charge < -0.3 is 9.80 Å². The van der Waals surface area contributed by atoms with Gasteiger partial charge in [0, 0.05) is 41.8 Å². The van der Waals surface area contributed by atoms with Crippen LogP contribution in [-0.4, -0.2) is 57.7 Å². The summed E-state index contributed by atoms with van der Waals surface area (Å²) >= 11 is 12.6. The lowest BCUT2D eigenvalue weighted by Crippen LogP contribution is -2.27. The van der Waals surface area contributed by atoms with Crippen LogP contribution in [0.25, 0.3) is 0 Å². The molecule has 2 aromatic carbocycles. The number of hydrogen-bond donors (Lipinski definition) is 2. The summed E-state index contributed by atoms with van der Waals surface area (Å²) in [5.74, 6) is 0. The number of hydrogen-bond acceptors (Lipinski definition) is 4. The highest BCUT2D eigenvalue weighted by molar-refractivity contribution is 9.10. The highest BCUT2D eigenvalue weighted by Gasteiger charge is 2.16. The Morgan fingerprint density at radius 3 is 1.42 bits per heavy atom. The van der Waals surface area contributed by atoms with Crippen molar-refractivity contribution in [1.29, 1.82) is 0 Å². The Morgan fingerprint density at radius 1 is 0.636 bits per heavy atom. The third-order valence-corrected chi connectivity index (χ3v) is 6.23. The Morgan fingerprint density at radius 2 is 1.03 bits per heavy atom. The van der Waals surface area contributed by atoms with Gasteiger partial charge in [0.15, 0.2) is 10.3 Å². The van der Waals surface area contributed by atoms with E-state index < -0.39 is 0 Å². The largest absolute Gasteiger partial charge is 0.351 e. The predicted octanol–water partition coefficient (Wildman–Crippen LogP) is 5.81. The molecule has 0 N–H and O–H groups in total. The van der Waals surface area contributed by atoms with Gasteiger partial charge in [-0.25, -0.2) is 0 Å². The average molecular weight is 548 g/mol. The zero-order chi connectivity index (χ0) is 24.2. The number of rotatable bonds is 9. The minimum absolute atomic E-state index is 0.545. The molecule has 0 atom stereocenters. The first-order valence-corrected chi connectivity index (χ1v) is 12.6. The van der Waals surface area contributed by atoms with E-state index in [2.05, 4.69) is 89.3 Å². The number of halogens is 1. The molecule has 2 aromatic rings. The van der Waals surface area contributed by atoms with E-state index >= 15 is 0 Å². The molecule has 0 aliphatic carbocycles. The fraction of sp³-hybridized carbons (Fsp3) is 0.333. The molecule has 0 aromatic heterocycles. The molecule has 0 radical (unpaired) electrons. The van der Waals surface area contributed by atoms with E-state index in [1.165, 1.54) is 0 Å². The smallest absolute Gasteiger partial charge is 0.182 e. The fourth-order valence-electron chi connectivity index (χ4n) is 3.02. The van der Waals surface area contributed by atoms with Crippen molar-refractivity contribution in [3.63, 3.8) is 0 Å². The van der Waals surface area contributed by atoms with Crippen molar-refractivity contribution in [2.24, 2.45) is 20.4 Å². The molecule has 0 unspecified atom stereocenters. The van der Waals surface area contributed by atoms with E-state index in [9.17, 15) is 0 Å². The van der Waals surface area contributed by atoms with E-state index in [0.29, 0.717) is 21.8 Å². The summed E-state index contributed by atoms with van der Waals surface area (Å²) in [6.07, 6.45) is 0. The monoisotopic (exact) mass is 546 g/mol. The van der Waals surface area contributed by atoms with E-state index in [0.717, 1.165) is 41.8 Å². The van der Waals surface area contributed by atoms with Gasteiger partial charge in [0.25, 0.3) is 0 Å². The van der Waals surface area contributed by atoms with Crippen LogP contribution in [0, 0.1) is 0 Å². The average Bonchev–Trinajstić information content (AvgIpc) is 2.84. The maximum Gasteiger partial charge on any atom is 0.182 e. The summed E-state index contributed by atoms with van der Waals surface area (Å²) in [5, 5.41) is 19.2. The SMILES string of the molecule is CCN(CC)/C(S)=N/N=C(/C(=N/N=C(\S)N(CC)CC)c1ccc(Br)cc1)c1ccccc1. The van der Waals surface area contributed by atoms with Gasteiger partial charge in [-0.15, -0.1) is 45.7 Å². The van der Waals surface area contributed by atoms with Crippen molar-refractivity contribution in [1.82, 2.24) is 9.80 Å². The lowest BCUT2D eigenvalue weighted by Gasteiger charge is -2.18. The Kier molecular flexibility index (Phi) is 11.7. The van der Waals surface area contributed by atoms with Gasteiger partial charge in [-0.1, -0.05) is 58.4 Å². The van der Waals surface area contributed by atoms with Gasteiger partial charge >= 0.3 is 0 Å². The molecule has 0 aliphatic rings.